The normalized spacial score (nSPS) is 11.8. The van der Waals surface area contributed by atoms with Gasteiger partial charge in [0.15, 0.2) is 0 Å². The summed E-state index contributed by atoms with van der Waals surface area (Å²) in [6, 6.07) is 6.94. The fourth-order valence-electron chi connectivity index (χ4n) is 1.77. The number of carboxylic acid groups (broad SMARTS) is 1. The minimum Gasteiger partial charge on any atom is -0.481 e. The second-order valence-corrected chi connectivity index (χ2v) is 4.94. The quantitative estimate of drug-likeness (QED) is 0.808. The Balaban J connectivity index is 2.54. The highest BCUT2D eigenvalue weighted by atomic mass is 16.5. The van der Waals surface area contributed by atoms with E-state index in [1.807, 2.05) is 19.1 Å². The minimum absolute atomic E-state index is 0.0233. The molecule has 0 bridgehead atoms. The first-order valence-electron chi connectivity index (χ1n) is 6.77. The summed E-state index contributed by atoms with van der Waals surface area (Å²) in [5.74, 6) is -0.818. The van der Waals surface area contributed by atoms with Crippen molar-refractivity contribution in [3.05, 3.63) is 29.8 Å². The lowest BCUT2D eigenvalue weighted by molar-refractivity contribution is -0.136. The summed E-state index contributed by atoms with van der Waals surface area (Å²) in [6.07, 6.45) is 0.581. The molecule has 21 heavy (non-hydrogen) atoms. The van der Waals surface area contributed by atoms with E-state index in [1.54, 1.807) is 31.2 Å². The maximum absolute atomic E-state index is 12.0. The van der Waals surface area contributed by atoms with Crippen LogP contribution < -0.4 is 5.32 Å². The van der Waals surface area contributed by atoms with Gasteiger partial charge in [0.1, 0.15) is 0 Å². The molecule has 1 rings (SSSR count). The second-order valence-electron chi connectivity index (χ2n) is 4.94. The van der Waals surface area contributed by atoms with Gasteiger partial charge in [-0.3, -0.25) is 4.79 Å². The number of hydrogen-bond donors (Lipinski definition) is 2. The molecule has 0 aliphatic heterocycles. The largest absolute Gasteiger partial charge is 0.481 e. The average Bonchev–Trinajstić information content (AvgIpc) is 2.45. The highest BCUT2D eigenvalue weighted by molar-refractivity contribution is 5.89. The summed E-state index contributed by atoms with van der Waals surface area (Å²) in [4.78, 5) is 24.1. The summed E-state index contributed by atoms with van der Waals surface area (Å²) in [6.45, 7) is 2.37. The van der Waals surface area contributed by atoms with Crippen molar-refractivity contribution < 1.29 is 19.4 Å². The third kappa shape index (κ3) is 5.83. The van der Waals surface area contributed by atoms with Crippen molar-refractivity contribution in [2.24, 2.45) is 0 Å². The number of carbonyl (C=O) groups is 2. The van der Waals surface area contributed by atoms with Crippen molar-refractivity contribution in [2.45, 2.75) is 25.8 Å². The number of carbonyl (C=O) groups excluding carboxylic acids is 1. The van der Waals surface area contributed by atoms with Crippen LogP contribution in [0, 0.1) is 0 Å². The molecule has 1 aromatic carbocycles. The summed E-state index contributed by atoms with van der Waals surface area (Å²) < 4.78 is 5.02. The Bertz CT molecular complexity index is 473. The van der Waals surface area contributed by atoms with E-state index in [2.05, 4.69) is 5.32 Å². The number of rotatable bonds is 7. The van der Waals surface area contributed by atoms with Crippen LogP contribution in [0.3, 0.4) is 0 Å². The predicted molar refractivity (Wildman–Crippen MR) is 80.5 cm³/mol. The van der Waals surface area contributed by atoms with Gasteiger partial charge in [0.2, 0.25) is 0 Å². The van der Waals surface area contributed by atoms with Gasteiger partial charge in [0.25, 0.3) is 0 Å². The number of ether oxygens (including phenoxy) is 1. The first-order chi connectivity index (χ1) is 9.93. The molecule has 0 aliphatic rings. The van der Waals surface area contributed by atoms with Crippen LogP contribution in [-0.2, 0) is 16.0 Å². The molecule has 2 amide bonds. The number of carboxylic acids is 1. The molecular weight excluding hydrogens is 272 g/mol. The number of aliphatic carboxylic acids is 1. The summed E-state index contributed by atoms with van der Waals surface area (Å²) in [7, 11) is 3.30. The fraction of sp³-hybridized carbons (Fsp3) is 0.467. The summed E-state index contributed by atoms with van der Waals surface area (Å²) in [5, 5.41) is 11.4. The Kier molecular flexibility index (Phi) is 6.68. The number of hydrogen-bond acceptors (Lipinski definition) is 3. The van der Waals surface area contributed by atoms with Crippen LogP contribution in [0.25, 0.3) is 0 Å². The van der Waals surface area contributed by atoms with E-state index in [0.29, 0.717) is 18.7 Å². The van der Waals surface area contributed by atoms with Crippen LogP contribution in [0.2, 0.25) is 0 Å². The molecule has 6 nitrogen and oxygen atoms in total. The molecule has 0 saturated carbocycles. The Morgan fingerprint density at radius 1 is 1.33 bits per heavy atom. The third-order valence-corrected chi connectivity index (χ3v) is 3.22. The number of benzene rings is 1. The summed E-state index contributed by atoms with van der Waals surface area (Å²) >= 11 is 0. The molecule has 0 fully saturated rings. The van der Waals surface area contributed by atoms with Gasteiger partial charge in [-0.25, -0.2) is 4.79 Å². The van der Waals surface area contributed by atoms with Crippen LogP contribution in [0.15, 0.2) is 24.3 Å². The Hall–Kier alpha value is -2.08. The number of urea groups is 1. The van der Waals surface area contributed by atoms with Gasteiger partial charge >= 0.3 is 12.0 Å². The number of aryl methyl sites for hydroxylation is 1. The highest BCUT2D eigenvalue weighted by Crippen LogP contribution is 2.12. The van der Waals surface area contributed by atoms with Crippen LogP contribution in [0.1, 0.15) is 18.9 Å². The second kappa shape index (κ2) is 8.26. The zero-order valence-corrected chi connectivity index (χ0v) is 12.6. The lowest BCUT2D eigenvalue weighted by atomic mass is 10.1. The highest BCUT2D eigenvalue weighted by Gasteiger charge is 2.15. The molecular formula is C15H22N2O4. The van der Waals surface area contributed by atoms with E-state index < -0.39 is 5.97 Å². The van der Waals surface area contributed by atoms with Crippen LogP contribution in [0.4, 0.5) is 10.5 Å². The number of methoxy groups -OCH3 is 1. The first kappa shape index (κ1) is 17.0. The predicted octanol–water partition coefficient (Wildman–Crippen LogP) is 2.20. The van der Waals surface area contributed by atoms with Crippen molar-refractivity contribution >= 4 is 17.7 Å². The van der Waals surface area contributed by atoms with Gasteiger partial charge < -0.3 is 20.1 Å². The molecule has 116 valence electrons. The number of anilines is 1. The number of nitrogens with zero attached hydrogens (tertiary/aromatic N) is 1. The average molecular weight is 294 g/mol. The van der Waals surface area contributed by atoms with E-state index >= 15 is 0 Å². The van der Waals surface area contributed by atoms with Crippen molar-refractivity contribution in [1.29, 1.82) is 0 Å². The van der Waals surface area contributed by atoms with Gasteiger partial charge in [0, 0.05) is 26.3 Å². The van der Waals surface area contributed by atoms with Crippen molar-refractivity contribution in [2.75, 3.05) is 26.1 Å². The van der Waals surface area contributed by atoms with Gasteiger partial charge in [-0.1, -0.05) is 12.1 Å². The monoisotopic (exact) mass is 294 g/mol. The van der Waals surface area contributed by atoms with E-state index in [4.69, 9.17) is 9.84 Å². The molecule has 0 heterocycles. The number of nitrogens with one attached hydrogen (secondary N) is 1. The molecule has 0 saturated heterocycles. The van der Waals surface area contributed by atoms with Crippen LogP contribution >= 0.6 is 0 Å². The zero-order valence-electron chi connectivity index (χ0n) is 12.6. The van der Waals surface area contributed by atoms with E-state index in [9.17, 15) is 9.59 Å². The van der Waals surface area contributed by atoms with Crippen molar-refractivity contribution in [3.8, 4) is 0 Å². The van der Waals surface area contributed by atoms with Gasteiger partial charge in [0.05, 0.1) is 12.6 Å². The maximum atomic E-state index is 12.0. The molecule has 0 aliphatic carbocycles. The number of likely N-dealkylation sites (N-methyl/N-ethyl adjacent to an activating group) is 1. The van der Waals surface area contributed by atoms with E-state index in [1.165, 1.54) is 0 Å². The fourth-order valence-corrected chi connectivity index (χ4v) is 1.77. The van der Waals surface area contributed by atoms with Crippen LogP contribution in [0.5, 0.6) is 0 Å². The Labute approximate surface area is 124 Å². The van der Waals surface area contributed by atoms with E-state index in [-0.39, 0.29) is 18.5 Å². The summed E-state index contributed by atoms with van der Waals surface area (Å²) in [5.41, 5.74) is 1.60. The number of amides is 2. The molecule has 0 spiro atoms. The molecule has 1 unspecified atom stereocenters. The molecule has 0 radical (unpaired) electrons. The zero-order chi connectivity index (χ0) is 15.8. The van der Waals surface area contributed by atoms with Crippen molar-refractivity contribution in [3.63, 3.8) is 0 Å². The lowest BCUT2D eigenvalue weighted by Crippen LogP contribution is -2.40. The van der Waals surface area contributed by atoms with Gasteiger partial charge in [-0.05, 0) is 31.0 Å². The van der Waals surface area contributed by atoms with Crippen molar-refractivity contribution in [1.82, 2.24) is 4.90 Å². The Morgan fingerprint density at radius 3 is 2.48 bits per heavy atom. The molecule has 2 N–H and O–H groups in total. The standard InChI is InChI=1S/C15H22N2O4/c1-11(10-21-3)17(2)15(20)16-13-7-4-12(5-8-13)6-9-14(18)19/h4-5,7-8,11H,6,9-10H2,1-3H3,(H,16,20)(H,18,19). The molecule has 0 aromatic heterocycles. The third-order valence-electron chi connectivity index (χ3n) is 3.22. The van der Waals surface area contributed by atoms with Gasteiger partial charge in [-0.15, -0.1) is 0 Å². The van der Waals surface area contributed by atoms with E-state index in [0.717, 1.165) is 5.56 Å². The topological polar surface area (TPSA) is 78.9 Å². The first-order valence-corrected chi connectivity index (χ1v) is 6.77. The molecule has 1 atom stereocenters. The van der Waals surface area contributed by atoms with Crippen LogP contribution in [-0.4, -0.2) is 48.8 Å². The minimum atomic E-state index is -0.818. The SMILES string of the molecule is COCC(C)N(C)C(=O)Nc1ccc(CCC(=O)O)cc1. The maximum Gasteiger partial charge on any atom is 0.321 e. The molecule has 6 heteroatoms. The lowest BCUT2D eigenvalue weighted by Gasteiger charge is -2.24. The smallest absolute Gasteiger partial charge is 0.321 e. The molecule has 1 aromatic rings. The Morgan fingerprint density at radius 2 is 1.95 bits per heavy atom. The van der Waals surface area contributed by atoms with Gasteiger partial charge in [-0.2, -0.15) is 0 Å².